The lowest BCUT2D eigenvalue weighted by atomic mass is 10.2. The van der Waals surface area contributed by atoms with E-state index in [1.165, 1.54) is 25.7 Å². The van der Waals surface area contributed by atoms with Gasteiger partial charge in [0.05, 0.1) is 6.54 Å². The monoisotopic (exact) mass is 480 g/mol. The Hall–Kier alpha value is -1.83. The van der Waals surface area contributed by atoms with Crippen LogP contribution in [0, 0.1) is 0 Å². The number of pyridine rings is 1. The Labute approximate surface area is 179 Å². The van der Waals surface area contributed by atoms with Crippen molar-refractivity contribution in [3.05, 3.63) is 59.8 Å². The molecule has 0 spiro atoms. The largest absolute Gasteiger partial charge is 0.473 e. The van der Waals surface area contributed by atoms with Gasteiger partial charge in [0.15, 0.2) is 5.96 Å². The van der Waals surface area contributed by atoms with Crippen molar-refractivity contribution in [2.45, 2.75) is 51.8 Å². The molecular formula is C21H29IN4O. The van der Waals surface area contributed by atoms with Gasteiger partial charge in [0, 0.05) is 24.3 Å². The molecule has 1 fully saturated rings. The van der Waals surface area contributed by atoms with Gasteiger partial charge >= 0.3 is 0 Å². The number of nitrogens with one attached hydrogen (secondary N) is 2. The van der Waals surface area contributed by atoms with Crippen LogP contribution >= 0.6 is 24.0 Å². The van der Waals surface area contributed by atoms with Gasteiger partial charge < -0.3 is 15.4 Å². The summed E-state index contributed by atoms with van der Waals surface area (Å²) in [6, 6.07) is 14.6. The van der Waals surface area contributed by atoms with E-state index in [2.05, 4.69) is 34.7 Å². The highest BCUT2D eigenvalue weighted by atomic mass is 127. The topological polar surface area (TPSA) is 58.5 Å². The Balaban J connectivity index is 0.00000261. The molecule has 3 rings (SSSR count). The van der Waals surface area contributed by atoms with Crippen LogP contribution in [0.25, 0.3) is 0 Å². The summed E-state index contributed by atoms with van der Waals surface area (Å²) in [5.41, 5.74) is 2.12. The van der Waals surface area contributed by atoms with Crippen LogP contribution < -0.4 is 15.4 Å². The minimum atomic E-state index is 0. The summed E-state index contributed by atoms with van der Waals surface area (Å²) in [5.74, 6) is 1.52. The van der Waals surface area contributed by atoms with Crippen LogP contribution in [0.4, 0.5) is 0 Å². The van der Waals surface area contributed by atoms with Gasteiger partial charge in [0.1, 0.15) is 6.61 Å². The van der Waals surface area contributed by atoms with E-state index < -0.39 is 0 Å². The molecule has 2 aromatic rings. The summed E-state index contributed by atoms with van der Waals surface area (Å²) >= 11 is 0. The van der Waals surface area contributed by atoms with Crippen molar-refractivity contribution in [1.82, 2.24) is 15.6 Å². The fourth-order valence-electron chi connectivity index (χ4n) is 3.15. The van der Waals surface area contributed by atoms with Gasteiger partial charge in [-0.05, 0) is 31.4 Å². The zero-order valence-corrected chi connectivity index (χ0v) is 18.2. The van der Waals surface area contributed by atoms with E-state index in [1.54, 1.807) is 6.20 Å². The maximum Gasteiger partial charge on any atom is 0.218 e. The normalized spacial score (nSPS) is 14.5. The lowest BCUT2D eigenvalue weighted by Gasteiger charge is -2.17. The van der Waals surface area contributed by atoms with Crippen LogP contribution in [-0.4, -0.2) is 23.5 Å². The van der Waals surface area contributed by atoms with E-state index in [0.717, 1.165) is 23.6 Å². The van der Waals surface area contributed by atoms with Crippen molar-refractivity contribution < 1.29 is 4.74 Å². The quantitative estimate of drug-likeness (QED) is 0.353. The second-order valence-electron chi connectivity index (χ2n) is 6.56. The number of rotatable bonds is 7. The molecule has 0 atom stereocenters. The van der Waals surface area contributed by atoms with Crippen LogP contribution in [0.3, 0.4) is 0 Å². The van der Waals surface area contributed by atoms with Crippen LogP contribution in [-0.2, 0) is 13.2 Å². The van der Waals surface area contributed by atoms with Crippen molar-refractivity contribution in [1.29, 1.82) is 0 Å². The minimum Gasteiger partial charge on any atom is -0.473 e. The Morgan fingerprint density at radius 2 is 1.93 bits per heavy atom. The van der Waals surface area contributed by atoms with Gasteiger partial charge in [0.25, 0.3) is 0 Å². The molecule has 0 unspecified atom stereocenters. The fraction of sp³-hybridized carbons (Fsp3) is 0.429. The summed E-state index contributed by atoms with van der Waals surface area (Å²) < 4.78 is 5.93. The van der Waals surface area contributed by atoms with Crippen LogP contribution in [0.1, 0.15) is 43.7 Å². The maximum absolute atomic E-state index is 5.93. The van der Waals surface area contributed by atoms with Gasteiger partial charge in [-0.3, -0.25) is 0 Å². The number of hydrogen-bond donors (Lipinski definition) is 2. The van der Waals surface area contributed by atoms with Crippen molar-refractivity contribution in [2.75, 3.05) is 6.54 Å². The van der Waals surface area contributed by atoms with E-state index in [1.807, 2.05) is 30.3 Å². The Morgan fingerprint density at radius 1 is 1.15 bits per heavy atom. The Kier molecular flexibility index (Phi) is 9.38. The molecule has 1 saturated carbocycles. The zero-order valence-electron chi connectivity index (χ0n) is 15.9. The van der Waals surface area contributed by atoms with Crippen LogP contribution in [0.15, 0.2) is 53.7 Å². The lowest BCUT2D eigenvalue weighted by molar-refractivity contribution is 0.290. The highest BCUT2D eigenvalue weighted by molar-refractivity contribution is 14.0. The first kappa shape index (κ1) is 21.5. The number of ether oxygens (including phenoxy) is 1. The average molecular weight is 480 g/mol. The molecule has 1 aromatic carbocycles. The van der Waals surface area contributed by atoms with Gasteiger partial charge in [-0.25, -0.2) is 9.98 Å². The van der Waals surface area contributed by atoms with Gasteiger partial charge in [0.2, 0.25) is 5.88 Å². The van der Waals surface area contributed by atoms with Crippen molar-refractivity contribution in [2.24, 2.45) is 4.99 Å². The predicted molar refractivity (Wildman–Crippen MR) is 121 cm³/mol. The van der Waals surface area contributed by atoms with Crippen LogP contribution in [0.2, 0.25) is 0 Å². The second-order valence-corrected chi connectivity index (χ2v) is 6.56. The summed E-state index contributed by atoms with van der Waals surface area (Å²) in [6.45, 7) is 3.99. The molecule has 0 bridgehead atoms. The highest BCUT2D eigenvalue weighted by Crippen LogP contribution is 2.19. The number of aliphatic imine (C=N–C) groups is 1. The molecule has 2 N–H and O–H groups in total. The van der Waals surface area contributed by atoms with E-state index >= 15 is 0 Å². The second kappa shape index (κ2) is 11.8. The average Bonchev–Trinajstić information content (AvgIpc) is 3.19. The standard InChI is InChI=1S/C21H28N4O.HI/c1-2-22-21(25-19-12-6-7-13-19)24-15-18-11-8-14-23-20(18)26-16-17-9-4-3-5-10-17;/h3-5,8-11,14,19H,2,6-7,12-13,15-16H2,1H3,(H2,22,24,25);1H. The van der Waals surface area contributed by atoms with E-state index in [-0.39, 0.29) is 24.0 Å². The molecule has 0 amide bonds. The van der Waals surface area contributed by atoms with Gasteiger partial charge in [-0.15, -0.1) is 24.0 Å². The Morgan fingerprint density at radius 3 is 2.67 bits per heavy atom. The molecule has 0 radical (unpaired) electrons. The number of nitrogens with zero attached hydrogens (tertiary/aromatic N) is 2. The molecule has 0 saturated heterocycles. The molecule has 5 nitrogen and oxygen atoms in total. The van der Waals surface area contributed by atoms with Gasteiger partial charge in [-0.2, -0.15) is 0 Å². The third-order valence-corrected chi connectivity index (χ3v) is 4.52. The molecule has 1 heterocycles. The molecule has 1 aliphatic carbocycles. The molecule has 1 aromatic heterocycles. The first-order valence-corrected chi connectivity index (χ1v) is 9.50. The third-order valence-electron chi connectivity index (χ3n) is 4.52. The molecule has 27 heavy (non-hydrogen) atoms. The summed E-state index contributed by atoms with van der Waals surface area (Å²) in [4.78, 5) is 9.13. The molecule has 0 aliphatic heterocycles. The predicted octanol–water partition coefficient (Wildman–Crippen LogP) is 4.28. The zero-order chi connectivity index (χ0) is 18.0. The molecular weight excluding hydrogens is 451 g/mol. The summed E-state index contributed by atoms with van der Waals surface area (Å²) in [5, 5.41) is 6.88. The number of halogens is 1. The smallest absolute Gasteiger partial charge is 0.218 e. The van der Waals surface area contributed by atoms with Crippen LogP contribution in [0.5, 0.6) is 5.88 Å². The lowest BCUT2D eigenvalue weighted by Crippen LogP contribution is -2.42. The van der Waals surface area contributed by atoms with Crippen molar-refractivity contribution in [3.63, 3.8) is 0 Å². The first-order chi connectivity index (χ1) is 12.8. The number of guanidine groups is 1. The van der Waals surface area contributed by atoms with E-state index in [0.29, 0.717) is 25.1 Å². The molecule has 6 heteroatoms. The molecule has 1 aliphatic rings. The minimum absolute atomic E-state index is 0. The highest BCUT2D eigenvalue weighted by Gasteiger charge is 2.16. The SMILES string of the molecule is CCNC(=NCc1cccnc1OCc1ccccc1)NC1CCCC1.I. The maximum atomic E-state index is 5.93. The molecule has 146 valence electrons. The third kappa shape index (κ3) is 7.01. The van der Waals surface area contributed by atoms with Gasteiger partial charge in [-0.1, -0.05) is 49.2 Å². The number of hydrogen-bond acceptors (Lipinski definition) is 3. The fourth-order valence-corrected chi connectivity index (χ4v) is 3.15. The van der Waals surface area contributed by atoms with Crippen molar-refractivity contribution in [3.8, 4) is 5.88 Å². The van der Waals surface area contributed by atoms with E-state index in [9.17, 15) is 0 Å². The number of benzene rings is 1. The Bertz CT molecular complexity index is 702. The first-order valence-electron chi connectivity index (χ1n) is 9.50. The van der Waals surface area contributed by atoms with E-state index in [4.69, 9.17) is 9.73 Å². The summed E-state index contributed by atoms with van der Waals surface area (Å²) in [7, 11) is 0. The number of aromatic nitrogens is 1. The summed E-state index contributed by atoms with van der Waals surface area (Å²) in [6.07, 6.45) is 6.81. The van der Waals surface area contributed by atoms with Crippen molar-refractivity contribution >= 4 is 29.9 Å².